The second-order valence-corrected chi connectivity index (χ2v) is 6.40. The van der Waals surface area contributed by atoms with Crippen LogP contribution in [0.4, 0.5) is 0 Å². The Kier molecular flexibility index (Phi) is 5.04. The molecule has 0 spiro atoms. The van der Waals surface area contributed by atoms with E-state index in [2.05, 4.69) is 39.6 Å². The van der Waals surface area contributed by atoms with Gasteiger partial charge in [0.05, 0.1) is 0 Å². The molecule has 0 heterocycles. The normalized spacial score (nSPS) is 29.0. The summed E-state index contributed by atoms with van der Waals surface area (Å²) in [7, 11) is 0. The molecule has 0 amide bonds. The van der Waals surface area contributed by atoms with Crippen LogP contribution in [-0.4, -0.2) is 13.1 Å². The lowest BCUT2D eigenvalue weighted by Gasteiger charge is -2.41. The van der Waals surface area contributed by atoms with Gasteiger partial charge >= 0.3 is 0 Å². The smallest absolute Gasteiger partial charge is 0.00179 e. The van der Waals surface area contributed by atoms with Crippen molar-refractivity contribution in [2.24, 2.45) is 17.3 Å². The third-order valence-corrected chi connectivity index (χ3v) is 3.94. The number of allylic oxidation sites excluding steroid dienone is 1. The van der Waals surface area contributed by atoms with Gasteiger partial charge in [-0.2, -0.15) is 0 Å². The molecule has 0 bridgehead atoms. The van der Waals surface area contributed by atoms with Gasteiger partial charge in [0.15, 0.2) is 0 Å². The lowest BCUT2D eigenvalue weighted by molar-refractivity contribution is 0.116. The fraction of sp³-hybridized carbons (Fsp3) is 0.867. The molecule has 0 aromatic rings. The number of hydrogen-bond donors (Lipinski definition) is 1. The zero-order chi connectivity index (χ0) is 12.2. The molecule has 1 N–H and O–H groups in total. The highest BCUT2D eigenvalue weighted by molar-refractivity contribution is 4.96. The second-order valence-electron chi connectivity index (χ2n) is 6.40. The van der Waals surface area contributed by atoms with E-state index in [-0.39, 0.29) is 0 Å². The second kappa shape index (κ2) is 5.86. The van der Waals surface area contributed by atoms with Gasteiger partial charge in [-0.05, 0) is 62.9 Å². The molecule has 0 aromatic heterocycles. The van der Waals surface area contributed by atoms with Crippen molar-refractivity contribution in [3.63, 3.8) is 0 Å². The topological polar surface area (TPSA) is 12.0 Å². The monoisotopic (exact) mass is 223 g/mol. The first-order valence-electron chi connectivity index (χ1n) is 6.79. The lowest BCUT2D eigenvalue weighted by atomic mass is 9.65. The summed E-state index contributed by atoms with van der Waals surface area (Å²) in [6, 6.07) is 0. The van der Waals surface area contributed by atoms with Gasteiger partial charge in [-0.3, -0.25) is 0 Å². The molecule has 1 fully saturated rings. The predicted molar refractivity (Wildman–Crippen MR) is 72.6 cm³/mol. The first kappa shape index (κ1) is 13.8. The Hall–Kier alpha value is -0.300. The maximum absolute atomic E-state index is 4.09. The molecule has 1 rings (SSSR count). The van der Waals surface area contributed by atoms with E-state index in [1.54, 1.807) is 0 Å². The Morgan fingerprint density at radius 2 is 2.06 bits per heavy atom. The molecule has 1 aliphatic rings. The fourth-order valence-corrected chi connectivity index (χ4v) is 3.08. The van der Waals surface area contributed by atoms with Crippen molar-refractivity contribution >= 4 is 0 Å². The molecule has 1 nitrogen and oxygen atoms in total. The lowest BCUT2D eigenvalue weighted by Crippen LogP contribution is -2.36. The van der Waals surface area contributed by atoms with Crippen LogP contribution in [0.2, 0.25) is 0 Å². The van der Waals surface area contributed by atoms with Gasteiger partial charge in [0, 0.05) is 0 Å². The maximum atomic E-state index is 4.09. The summed E-state index contributed by atoms with van der Waals surface area (Å²) in [6.07, 6.45) is 5.36. The molecular formula is C15H29N. The zero-order valence-electron chi connectivity index (χ0n) is 11.6. The quantitative estimate of drug-likeness (QED) is 0.695. The van der Waals surface area contributed by atoms with Crippen LogP contribution in [0.3, 0.4) is 0 Å². The van der Waals surface area contributed by atoms with Gasteiger partial charge in [0.25, 0.3) is 0 Å². The Morgan fingerprint density at radius 1 is 1.38 bits per heavy atom. The van der Waals surface area contributed by atoms with Crippen molar-refractivity contribution < 1.29 is 0 Å². The molecule has 1 saturated carbocycles. The zero-order valence-corrected chi connectivity index (χ0v) is 11.6. The van der Waals surface area contributed by atoms with Crippen molar-refractivity contribution in [1.29, 1.82) is 0 Å². The minimum Gasteiger partial charge on any atom is -0.317 e. The molecule has 94 valence electrons. The SMILES string of the molecule is C=C(C)CC1CC(C)(C)CCC1CNCC. The Morgan fingerprint density at radius 3 is 2.62 bits per heavy atom. The van der Waals surface area contributed by atoms with E-state index in [1.165, 1.54) is 37.8 Å². The van der Waals surface area contributed by atoms with E-state index < -0.39 is 0 Å². The van der Waals surface area contributed by atoms with Crippen LogP contribution in [-0.2, 0) is 0 Å². The molecule has 0 aromatic carbocycles. The van der Waals surface area contributed by atoms with Crippen LogP contribution in [0.1, 0.15) is 53.4 Å². The summed E-state index contributed by atoms with van der Waals surface area (Å²) in [4.78, 5) is 0. The standard InChI is InChI=1S/C15H29N/c1-6-16-11-13-7-8-15(4,5)10-14(13)9-12(2)3/h13-14,16H,2,6-11H2,1,3-5H3. The largest absolute Gasteiger partial charge is 0.317 e. The highest BCUT2D eigenvalue weighted by atomic mass is 14.8. The van der Waals surface area contributed by atoms with E-state index in [0.717, 1.165) is 18.4 Å². The molecule has 2 atom stereocenters. The average molecular weight is 223 g/mol. The molecule has 0 saturated heterocycles. The van der Waals surface area contributed by atoms with Crippen molar-refractivity contribution in [3.05, 3.63) is 12.2 Å². The molecule has 1 aliphatic carbocycles. The molecule has 1 heteroatoms. The Labute approximate surface area is 102 Å². The van der Waals surface area contributed by atoms with E-state index >= 15 is 0 Å². The van der Waals surface area contributed by atoms with Crippen LogP contribution < -0.4 is 5.32 Å². The van der Waals surface area contributed by atoms with Crippen LogP contribution in [0, 0.1) is 17.3 Å². The van der Waals surface area contributed by atoms with Crippen LogP contribution >= 0.6 is 0 Å². The first-order chi connectivity index (χ1) is 7.44. The van der Waals surface area contributed by atoms with Crippen molar-refractivity contribution in [2.45, 2.75) is 53.4 Å². The highest BCUT2D eigenvalue weighted by Gasteiger charge is 2.34. The highest BCUT2D eigenvalue weighted by Crippen LogP contribution is 2.43. The average Bonchev–Trinajstić information content (AvgIpc) is 2.14. The number of hydrogen-bond acceptors (Lipinski definition) is 1. The van der Waals surface area contributed by atoms with E-state index in [0.29, 0.717) is 5.41 Å². The first-order valence-corrected chi connectivity index (χ1v) is 6.79. The minimum atomic E-state index is 0.544. The molecule has 0 radical (unpaired) electrons. The summed E-state index contributed by atoms with van der Waals surface area (Å²) in [6.45, 7) is 15.6. The summed E-state index contributed by atoms with van der Waals surface area (Å²) < 4.78 is 0. The van der Waals surface area contributed by atoms with Gasteiger partial charge in [-0.25, -0.2) is 0 Å². The van der Waals surface area contributed by atoms with Crippen LogP contribution in [0.25, 0.3) is 0 Å². The van der Waals surface area contributed by atoms with Crippen molar-refractivity contribution in [2.75, 3.05) is 13.1 Å². The van der Waals surface area contributed by atoms with Gasteiger partial charge < -0.3 is 5.32 Å². The third-order valence-electron chi connectivity index (χ3n) is 3.94. The Bertz CT molecular complexity index is 230. The van der Waals surface area contributed by atoms with Gasteiger partial charge in [0.1, 0.15) is 0 Å². The van der Waals surface area contributed by atoms with Gasteiger partial charge in [-0.15, -0.1) is 6.58 Å². The molecule has 16 heavy (non-hydrogen) atoms. The third kappa shape index (κ3) is 4.29. The Balaban J connectivity index is 2.56. The summed E-state index contributed by atoms with van der Waals surface area (Å²) in [5.41, 5.74) is 1.90. The maximum Gasteiger partial charge on any atom is -0.00179 e. The van der Waals surface area contributed by atoms with Crippen LogP contribution in [0.5, 0.6) is 0 Å². The summed E-state index contributed by atoms with van der Waals surface area (Å²) in [5.74, 6) is 1.71. The summed E-state index contributed by atoms with van der Waals surface area (Å²) in [5, 5.41) is 3.52. The minimum absolute atomic E-state index is 0.544. The van der Waals surface area contributed by atoms with Crippen molar-refractivity contribution in [3.8, 4) is 0 Å². The van der Waals surface area contributed by atoms with E-state index in [4.69, 9.17) is 0 Å². The molecular weight excluding hydrogens is 194 g/mol. The van der Waals surface area contributed by atoms with Crippen molar-refractivity contribution in [1.82, 2.24) is 5.32 Å². The predicted octanol–water partition coefficient (Wildman–Crippen LogP) is 4.00. The summed E-state index contributed by atoms with van der Waals surface area (Å²) >= 11 is 0. The van der Waals surface area contributed by atoms with E-state index in [1.807, 2.05) is 0 Å². The number of rotatable bonds is 5. The van der Waals surface area contributed by atoms with E-state index in [9.17, 15) is 0 Å². The molecule has 2 unspecified atom stereocenters. The molecule has 0 aliphatic heterocycles. The van der Waals surface area contributed by atoms with Gasteiger partial charge in [0.2, 0.25) is 0 Å². The number of nitrogens with one attached hydrogen (secondary N) is 1. The van der Waals surface area contributed by atoms with Gasteiger partial charge in [-0.1, -0.05) is 26.3 Å². The fourth-order valence-electron chi connectivity index (χ4n) is 3.08. The van der Waals surface area contributed by atoms with Crippen LogP contribution in [0.15, 0.2) is 12.2 Å².